The number of hydrogen-bond donors (Lipinski definition) is 1. The van der Waals surface area contributed by atoms with Crippen LogP contribution in [0.25, 0.3) is 0 Å². The lowest BCUT2D eigenvalue weighted by atomic mass is 10.1. The molecule has 2 atom stereocenters. The van der Waals surface area contributed by atoms with Gasteiger partial charge in [0.05, 0.1) is 0 Å². The maximum Gasteiger partial charge on any atom is 0.152 e. The van der Waals surface area contributed by atoms with Crippen LogP contribution < -0.4 is 5.73 Å². The Balaban J connectivity index is 1.70. The van der Waals surface area contributed by atoms with Crippen LogP contribution in [0.2, 0.25) is 0 Å². The molecular formula is C13H23N5. The smallest absolute Gasteiger partial charge is 0.152 e. The highest BCUT2D eigenvalue weighted by Gasteiger charge is 2.26. The molecule has 2 aliphatic heterocycles. The van der Waals surface area contributed by atoms with E-state index in [1.54, 1.807) is 0 Å². The van der Waals surface area contributed by atoms with Gasteiger partial charge in [-0.15, -0.1) is 0 Å². The Hall–Kier alpha value is -0.940. The van der Waals surface area contributed by atoms with Crippen LogP contribution in [0, 0.1) is 0 Å². The van der Waals surface area contributed by atoms with E-state index in [1.807, 2.05) is 0 Å². The first-order chi connectivity index (χ1) is 8.76. The van der Waals surface area contributed by atoms with Gasteiger partial charge in [-0.05, 0) is 32.4 Å². The lowest BCUT2D eigenvalue weighted by Crippen LogP contribution is -2.31. The second-order valence-corrected chi connectivity index (χ2v) is 5.55. The van der Waals surface area contributed by atoms with Crippen molar-refractivity contribution in [3.63, 3.8) is 0 Å². The predicted molar refractivity (Wildman–Crippen MR) is 70.3 cm³/mol. The number of likely N-dealkylation sites (N-methyl/N-ethyl adjacent to an activating group) is 1. The largest absolute Gasteiger partial charge is 0.327 e. The number of aryl methyl sites for hydroxylation is 1. The summed E-state index contributed by atoms with van der Waals surface area (Å²) in [6, 6.07) is 0.918. The minimum atomic E-state index is 0.271. The molecule has 3 heterocycles. The Morgan fingerprint density at radius 3 is 3.06 bits per heavy atom. The molecular weight excluding hydrogens is 226 g/mol. The second kappa shape index (κ2) is 4.97. The van der Waals surface area contributed by atoms with E-state index in [-0.39, 0.29) is 6.04 Å². The Bertz CT molecular complexity index is 414. The number of fused-ring (bicyclic) bond motifs is 1. The molecule has 0 aliphatic carbocycles. The van der Waals surface area contributed by atoms with Crippen molar-refractivity contribution in [2.45, 2.75) is 57.7 Å². The summed E-state index contributed by atoms with van der Waals surface area (Å²) in [6.07, 6.45) is 5.52. The second-order valence-electron chi connectivity index (χ2n) is 5.55. The van der Waals surface area contributed by atoms with Gasteiger partial charge in [0, 0.05) is 31.5 Å². The Kier molecular flexibility index (Phi) is 3.35. The van der Waals surface area contributed by atoms with Crippen molar-refractivity contribution >= 4 is 0 Å². The molecule has 1 aromatic heterocycles. The van der Waals surface area contributed by atoms with E-state index in [0.717, 1.165) is 44.0 Å². The van der Waals surface area contributed by atoms with Crippen LogP contribution in [-0.2, 0) is 19.4 Å². The van der Waals surface area contributed by atoms with Gasteiger partial charge in [0.2, 0.25) is 0 Å². The summed E-state index contributed by atoms with van der Waals surface area (Å²) in [5.74, 6) is 2.11. The van der Waals surface area contributed by atoms with Crippen LogP contribution in [-0.4, -0.2) is 44.8 Å². The summed E-state index contributed by atoms with van der Waals surface area (Å²) in [6.45, 7) is 5.55. The first-order valence-electron chi connectivity index (χ1n) is 7.18. The molecule has 1 fully saturated rings. The molecule has 0 saturated carbocycles. The highest BCUT2D eigenvalue weighted by atomic mass is 15.4. The molecule has 0 radical (unpaired) electrons. The van der Waals surface area contributed by atoms with Crippen LogP contribution >= 0.6 is 0 Å². The molecule has 0 amide bonds. The number of nitrogens with two attached hydrogens (primary N) is 1. The Labute approximate surface area is 108 Å². The van der Waals surface area contributed by atoms with E-state index in [2.05, 4.69) is 26.6 Å². The van der Waals surface area contributed by atoms with Gasteiger partial charge in [-0.1, -0.05) is 6.92 Å². The van der Waals surface area contributed by atoms with Gasteiger partial charge in [0.15, 0.2) is 5.82 Å². The SMILES string of the molecule is CCN1CCCC1Cc1nc2n(n1)CCC(N)C2. The zero-order valence-corrected chi connectivity index (χ0v) is 11.2. The quantitative estimate of drug-likeness (QED) is 0.851. The van der Waals surface area contributed by atoms with Crippen LogP contribution in [0.4, 0.5) is 0 Å². The molecule has 2 N–H and O–H groups in total. The van der Waals surface area contributed by atoms with Gasteiger partial charge < -0.3 is 10.6 Å². The summed E-state index contributed by atoms with van der Waals surface area (Å²) < 4.78 is 2.06. The molecule has 3 rings (SSSR count). The van der Waals surface area contributed by atoms with Crippen molar-refractivity contribution in [3.05, 3.63) is 11.6 Å². The molecule has 0 bridgehead atoms. The van der Waals surface area contributed by atoms with E-state index in [1.165, 1.54) is 19.4 Å². The fraction of sp³-hybridized carbons (Fsp3) is 0.846. The highest BCUT2D eigenvalue weighted by Crippen LogP contribution is 2.20. The molecule has 2 unspecified atom stereocenters. The molecule has 1 aromatic rings. The van der Waals surface area contributed by atoms with Crippen molar-refractivity contribution in [3.8, 4) is 0 Å². The zero-order chi connectivity index (χ0) is 12.5. The topological polar surface area (TPSA) is 60.0 Å². The van der Waals surface area contributed by atoms with E-state index in [0.29, 0.717) is 6.04 Å². The third-order valence-corrected chi connectivity index (χ3v) is 4.27. The molecule has 5 nitrogen and oxygen atoms in total. The predicted octanol–water partition coefficient (Wildman–Crippen LogP) is 0.578. The maximum atomic E-state index is 5.98. The van der Waals surface area contributed by atoms with Gasteiger partial charge in [-0.3, -0.25) is 0 Å². The maximum absolute atomic E-state index is 5.98. The summed E-state index contributed by atoms with van der Waals surface area (Å²) in [7, 11) is 0. The van der Waals surface area contributed by atoms with E-state index >= 15 is 0 Å². The minimum Gasteiger partial charge on any atom is -0.327 e. The molecule has 2 aliphatic rings. The minimum absolute atomic E-state index is 0.271. The van der Waals surface area contributed by atoms with Gasteiger partial charge in [0.1, 0.15) is 5.82 Å². The summed E-state index contributed by atoms with van der Waals surface area (Å²) >= 11 is 0. The number of likely N-dealkylation sites (tertiary alicyclic amines) is 1. The molecule has 5 heteroatoms. The fourth-order valence-corrected chi connectivity index (χ4v) is 3.22. The van der Waals surface area contributed by atoms with E-state index < -0.39 is 0 Å². The van der Waals surface area contributed by atoms with Crippen molar-refractivity contribution < 1.29 is 0 Å². The third kappa shape index (κ3) is 2.29. The summed E-state index contributed by atoms with van der Waals surface area (Å²) in [4.78, 5) is 7.23. The fourth-order valence-electron chi connectivity index (χ4n) is 3.22. The van der Waals surface area contributed by atoms with E-state index in [9.17, 15) is 0 Å². The number of nitrogens with zero attached hydrogens (tertiary/aromatic N) is 4. The van der Waals surface area contributed by atoms with Crippen LogP contribution in [0.5, 0.6) is 0 Å². The van der Waals surface area contributed by atoms with Gasteiger partial charge in [0.25, 0.3) is 0 Å². The normalized spacial score (nSPS) is 28.6. The van der Waals surface area contributed by atoms with Crippen molar-refractivity contribution in [1.29, 1.82) is 0 Å². The number of hydrogen-bond acceptors (Lipinski definition) is 4. The molecule has 18 heavy (non-hydrogen) atoms. The summed E-state index contributed by atoms with van der Waals surface area (Å²) in [5, 5.41) is 4.64. The average Bonchev–Trinajstić information content (AvgIpc) is 2.94. The first kappa shape index (κ1) is 12.1. The van der Waals surface area contributed by atoms with E-state index in [4.69, 9.17) is 5.73 Å². The monoisotopic (exact) mass is 249 g/mol. The van der Waals surface area contributed by atoms with Crippen LogP contribution in [0.15, 0.2) is 0 Å². The standard InChI is InChI=1S/C13H23N5/c1-2-17-6-3-4-11(17)9-12-15-13-8-10(14)5-7-18(13)16-12/h10-11H,2-9,14H2,1H3. The number of rotatable bonds is 3. The molecule has 1 saturated heterocycles. The molecule has 0 spiro atoms. The lowest BCUT2D eigenvalue weighted by Gasteiger charge is -2.21. The first-order valence-corrected chi connectivity index (χ1v) is 7.18. The van der Waals surface area contributed by atoms with Crippen LogP contribution in [0.1, 0.15) is 37.8 Å². The van der Waals surface area contributed by atoms with Crippen molar-refractivity contribution in [2.24, 2.45) is 5.73 Å². The summed E-state index contributed by atoms with van der Waals surface area (Å²) in [5.41, 5.74) is 5.98. The number of aromatic nitrogens is 3. The van der Waals surface area contributed by atoms with Crippen molar-refractivity contribution in [1.82, 2.24) is 19.7 Å². The van der Waals surface area contributed by atoms with Crippen LogP contribution in [0.3, 0.4) is 0 Å². The van der Waals surface area contributed by atoms with Gasteiger partial charge in [-0.2, -0.15) is 5.10 Å². The highest BCUT2D eigenvalue weighted by molar-refractivity contribution is 5.01. The zero-order valence-electron chi connectivity index (χ0n) is 11.2. The lowest BCUT2D eigenvalue weighted by molar-refractivity contribution is 0.263. The Morgan fingerprint density at radius 1 is 1.33 bits per heavy atom. The third-order valence-electron chi connectivity index (χ3n) is 4.27. The van der Waals surface area contributed by atoms with Gasteiger partial charge in [-0.25, -0.2) is 9.67 Å². The molecule has 0 aromatic carbocycles. The van der Waals surface area contributed by atoms with Gasteiger partial charge >= 0.3 is 0 Å². The van der Waals surface area contributed by atoms with Crippen molar-refractivity contribution in [2.75, 3.05) is 13.1 Å². The molecule has 100 valence electrons. The average molecular weight is 249 g/mol. The Morgan fingerprint density at radius 2 is 2.22 bits per heavy atom.